The lowest BCUT2D eigenvalue weighted by Gasteiger charge is -2.24. The summed E-state index contributed by atoms with van der Waals surface area (Å²) in [6.07, 6.45) is 4.61. The molecule has 0 aliphatic carbocycles. The zero-order valence-corrected chi connectivity index (χ0v) is 14.6. The Hall–Kier alpha value is -1.40. The quantitative estimate of drug-likeness (QED) is 0.626. The molecule has 2 aliphatic rings. The largest absolute Gasteiger partial charge is 0.358 e. The molecule has 0 unspecified atom stereocenters. The second-order valence-corrected chi connectivity index (χ2v) is 8.08. The van der Waals surface area contributed by atoms with E-state index in [4.69, 9.17) is 0 Å². The van der Waals surface area contributed by atoms with Crippen LogP contribution in [0.3, 0.4) is 0 Å². The van der Waals surface area contributed by atoms with Gasteiger partial charge in [-0.05, 0) is 57.8 Å². The van der Waals surface area contributed by atoms with E-state index < -0.39 is 10.0 Å². The highest BCUT2D eigenvalue weighted by Crippen LogP contribution is 2.17. The molecule has 0 N–H and O–H groups in total. The average Bonchev–Trinajstić information content (AvgIpc) is 3.20. The first-order valence-electron chi connectivity index (χ1n) is 8.42. The van der Waals surface area contributed by atoms with Crippen molar-refractivity contribution in [3.8, 4) is 0 Å². The molecule has 0 bridgehead atoms. The third-order valence-electron chi connectivity index (χ3n) is 4.58. The number of aryl methyl sites for hydroxylation is 1. The SMILES string of the molecule is Cc1ccc(S(=O)(=O)/N=C(\CN2CCCC2)N2CCCC2)cc1. The molecule has 2 fully saturated rings. The summed E-state index contributed by atoms with van der Waals surface area (Å²) in [4.78, 5) is 4.73. The number of rotatable bonds is 4. The topological polar surface area (TPSA) is 53.0 Å². The van der Waals surface area contributed by atoms with Crippen molar-refractivity contribution in [2.24, 2.45) is 4.40 Å². The molecule has 23 heavy (non-hydrogen) atoms. The molecular formula is C17H25N3O2S. The minimum atomic E-state index is -3.64. The van der Waals surface area contributed by atoms with Crippen molar-refractivity contribution in [1.82, 2.24) is 9.80 Å². The maximum absolute atomic E-state index is 12.7. The minimum Gasteiger partial charge on any atom is -0.358 e. The number of benzene rings is 1. The van der Waals surface area contributed by atoms with Crippen LogP contribution in [0.1, 0.15) is 31.2 Å². The number of nitrogens with zero attached hydrogens (tertiary/aromatic N) is 3. The molecular weight excluding hydrogens is 310 g/mol. The van der Waals surface area contributed by atoms with Crippen LogP contribution >= 0.6 is 0 Å². The van der Waals surface area contributed by atoms with E-state index >= 15 is 0 Å². The van der Waals surface area contributed by atoms with Crippen molar-refractivity contribution in [2.45, 2.75) is 37.5 Å². The van der Waals surface area contributed by atoms with Gasteiger partial charge in [0.15, 0.2) is 0 Å². The molecule has 2 aliphatic heterocycles. The molecule has 0 amide bonds. The van der Waals surface area contributed by atoms with Gasteiger partial charge in [-0.3, -0.25) is 4.90 Å². The fourth-order valence-electron chi connectivity index (χ4n) is 3.20. The number of sulfonamides is 1. The molecule has 2 saturated heterocycles. The molecule has 0 aromatic heterocycles. The predicted molar refractivity (Wildman–Crippen MR) is 92.3 cm³/mol. The first-order chi connectivity index (χ1) is 11.0. The van der Waals surface area contributed by atoms with Gasteiger partial charge < -0.3 is 4.90 Å². The highest BCUT2D eigenvalue weighted by molar-refractivity contribution is 7.90. The lowest BCUT2D eigenvalue weighted by molar-refractivity contribution is 0.366. The standard InChI is InChI=1S/C17H25N3O2S/c1-15-6-8-16(9-7-15)23(21,22)18-17(20-12-4-5-13-20)14-19-10-2-3-11-19/h6-9H,2-5,10-14H2,1H3/b18-17+. The van der Waals surface area contributed by atoms with Gasteiger partial charge in [0.1, 0.15) is 5.84 Å². The van der Waals surface area contributed by atoms with E-state index in [1.54, 1.807) is 12.1 Å². The van der Waals surface area contributed by atoms with Crippen LogP contribution in [-0.4, -0.2) is 56.8 Å². The second-order valence-electron chi connectivity index (χ2n) is 6.47. The molecule has 3 rings (SSSR count). The summed E-state index contributed by atoms with van der Waals surface area (Å²) in [5.41, 5.74) is 1.05. The van der Waals surface area contributed by atoms with E-state index in [1.165, 1.54) is 12.8 Å². The van der Waals surface area contributed by atoms with Gasteiger partial charge in [0.05, 0.1) is 11.4 Å². The zero-order chi connectivity index (χ0) is 16.3. The Kier molecular flexibility index (Phi) is 5.02. The highest BCUT2D eigenvalue weighted by atomic mass is 32.2. The molecule has 0 atom stereocenters. The molecule has 6 heteroatoms. The van der Waals surface area contributed by atoms with E-state index in [2.05, 4.69) is 14.2 Å². The van der Waals surface area contributed by atoms with Crippen LogP contribution < -0.4 is 0 Å². The third kappa shape index (κ3) is 4.12. The predicted octanol–water partition coefficient (Wildman–Crippen LogP) is 2.27. The number of hydrogen-bond acceptors (Lipinski definition) is 3. The zero-order valence-electron chi connectivity index (χ0n) is 13.7. The molecule has 2 heterocycles. The second kappa shape index (κ2) is 7.01. The maximum atomic E-state index is 12.7. The molecule has 1 aromatic rings. The lowest BCUT2D eigenvalue weighted by Crippen LogP contribution is -2.38. The van der Waals surface area contributed by atoms with Crippen LogP contribution in [-0.2, 0) is 10.0 Å². The molecule has 0 spiro atoms. The number of amidine groups is 1. The van der Waals surface area contributed by atoms with E-state index in [9.17, 15) is 8.42 Å². The number of likely N-dealkylation sites (tertiary alicyclic amines) is 2. The minimum absolute atomic E-state index is 0.279. The van der Waals surface area contributed by atoms with Crippen molar-refractivity contribution < 1.29 is 8.42 Å². The average molecular weight is 335 g/mol. The van der Waals surface area contributed by atoms with Gasteiger partial charge >= 0.3 is 0 Å². The Morgan fingerprint density at radius 3 is 2.17 bits per heavy atom. The van der Waals surface area contributed by atoms with E-state index in [-0.39, 0.29) is 4.90 Å². The normalized spacial score (nSPS) is 20.4. The smallest absolute Gasteiger partial charge is 0.283 e. The first-order valence-corrected chi connectivity index (χ1v) is 9.86. The first kappa shape index (κ1) is 16.5. The summed E-state index contributed by atoms with van der Waals surface area (Å²) in [6.45, 7) is 6.49. The van der Waals surface area contributed by atoms with Gasteiger partial charge in [-0.2, -0.15) is 8.42 Å². The summed E-state index contributed by atoms with van der Waals surface area (Å²) in [5.74, 6) is 0.713. The van der Waals surface area contributed by atoms with E-state index in [0.29, 0.717) is 12.4 Å². The highest BCUT2D eigenvalue weighted by Gasteiger charge is 2.24. The Balaban J connectivity index is 1.86. The monoisotopic (exact) mass is 335 g/mol. The Morgan fingerprint density at radius 1 is 1.00 bits per heavy atom. The molecule has 1 aromatic carbocycles. The third-order valence-corrected chi connectivity index (χ3v) is 5.90. The molecule has 5 nitrogen and oxygen atoms in total. The van der Waals surface area contributed by atoms with E-state index in [1.807, 2.05) is 19.1 Å². The van der Waals surface area contributed by atoms with Crippen molar-refractivity contribution >= 4 is 15.9 Å². The summed E-state index contributed by atoms with van der Waals surface area (Å²) in [6, 6.07) is 6.92. The van der Waals surface area contributed by atoms with Crippen LogP contribution in [0.15, 0.2) is 33.6 Å². The lowest BCUT2D eigenvalue weighted by atomic mass is 10.2. The van der Waals surface area contributed by atoms with Crippen LogP contribution in [0.2, 0.25) is 0 Å². The van der Waals surface area contributed by atoms with Crippen LogP contribution in [0.25, 0.3) is 0 Å². The fourth-order valence-corrected chi connectivity index (χ4v) is 4.24. The van der Waals surface area contributed by atoms with Gasteiger partial charge in [-0.1, -0.05) is 17.7 Å². The van der Waals surface area contributed by atoms with Gasteiger partial charge in [0, 0.05) is 13.1 Å². The van der Waals surface area contributed by atoms with Gasteiger partial charge in [0.2, 0.25) is 0 Å². The summed E-state index contributed by atoms with van der Waals surface area (Å²) >= 11 is 0. The molecule has 126 valence electrons. The summed E-state index contributed by atoms with van der Waals surface area (Å²) in [7, 11) is -3.64. The van der Waals surface area contributed by atoms with Crippen molar-refractivity contribution in [1.29, 1.82) is 0 Å². The van der Waals surface area contributed by atoms with E-state index in [0.717, 1.165) is 44.6 Å². The van der Waals surface area contributed by atoms with Crippen LogP contribution in [0.4, 0.5) is 0 Å². The van der Waals surface area contributed by atoms with Crippen molar-refractivity contribution in [3.05, 3.63) is 29.8 Å². The van der Waals surface area contributed by atoms with Gasteiger partial charge in [-0.15, -0.1) is 4.40 Å². The molecule has 0 radical (unpaired) electrons. The fraction of sp³-hybridized carbons (Fsp3) is 0.588. The van der Waals surface area contributed by atoms with Crippen LogP contribution in [0, 0.1) is 6.92 Å². The Morgan fingerprint density at radius 2 is 1.57 bits per heavy atom. The van der Waals surface area contributed by atoms with Crippen molar-refractivity contribution in [3.63, 3.8) is 0 Å². The Labute approximate surface area is 139 Å². The maximum Gasteiger partial charge on any atom is 0.283 e. The molecule has 0 saturated carbocycles. The number of hydrogen-bond donors (Lipinski definition) is 0. The van der Waals surface area contributed by atoms with Gasteiger partial charge in [0.25, 0.3) is 10.0 Å². The Bertz CT molecular complexity index is 656. The summed E-state index contributed by atoms with van der Waals surface area (Å²) in [5, 5.41) is 0. The van der Waals surface area contributed by atoms with Crippen molar-refractivity contribution in [2.75, 3.05) is 32.7 Å². The van der Waals surface area contributed by atoms with Crippen LogP contribution in [0.5, 0.6) is 0 Å². The van der Waals surface area contributed by atoms with Gasteiger partial charge in [-0.25, -0.2) is 0 Å². The summed E-state index contributed by atoms with van der Waals surface area (Å²) < 4.78 is 29.5.